The third-order valence-corrected chi connectivity index (χ3v) is 7.59. The van der Waals surface area contributed by atoms with Gasteiger partial charge in [-0.3, -0.25) is 0 Å². The van der Waals surface area contributed by atoms with Gasteiger partial charge in [0, 0.05) is 29.7 Å². The summed E-state index contributed by atoms with van der Waals surface area (Å²) in [6.45, 7) is 3.80. The summed E-state index contributed by atoms with van der Waals surface area (Å²) in [6, 6.07) is 0. The number of halogens is 1. The van der Waals surface area contributed by atoms with E-state index in [0.29, 0.717) is 0 Å². The van der Waals surface area contributed by atoms with Crippen LogP contribution in [-0.2, 0) is 8.85 Å². The Morgan fingerprint density at radius 1 is 1.36 bits per heavy atom. The van der Waals surface area contributed by atoms with E-state index < -0.39 is 8.56 Å². The van der Waals surface area contributed by atoms with Crippen LogP contribution in [-0.4, -0.2) is 38.2 Å². The summed E-state index contributed by atoms with van der Waals surface area (Å²) >= 11 is 5.33. The van der Waals surface area contributed by atoms with Crippen LogP contribution in [0.3, 0.4) is 0 Å². The van der Waals surface area contributed by atoms with E-state index in [4.69, 9.17) is 8.85 Å². The fourth-order valence-corrected chi connectivity index (χ4v) is 4.03. The van der Waals surface area contributed by atoms with Crippen molar-refractivity contribution >= 4 is 36.3 Å². The van der Waals surface area contributed by atoms with Gasteiger partial charge in [0.1, 0.15) is 0 Å². The van der Waals surface area contributed by atoms with Crippen molar-refractivity contribution in [2.24, 2.45) is 0 Å². The van der Waals surface area contributed by atoms with E-state index in [1.165, 1.54) is 0 Å². The fraction of sp³-hybridized carbons (Fsp3) is 1.00. The van der Waals surface area contributed by atoms with Crippen molar-refractivity contribution in [1.82, 2.24) is 0 Å². The zero-order chi connectivity index (χ0) is 8.16. The number of hydrogen-bond donors (Lipinski definition) is 0. The molecule has 11 heavy (non-hydrogen) atoms. The van der Waals surface area contributed by atoms with Crippen molar-refractivity contribution in [3.8, 4) is 0 Å². The van der Waals surface area contributed by atoms with Gasteiger partial charge in [-0.2, -0.15) is 11.8 Å². The Labute approximate surface area is 81.4 Å². The van der Waals surface area contributed by atoms with Crippen LogP contribution in [0.1, 0.15) is 0 Å². The zero-order valence-electron chi connectivity index (χ0n) is 6.64. The molecule has 0 aromatic carbocycles. The molecule has 2 nitrogen and oxygen atoms in total. The molecule has 0 radical (unpaired) electrons. The lowest BCUT2D eigenvalue weighted by atomic mass is 10.9. The minimum absolute atomic E-state index is 0.846. The molecule has 0 N–H and O–H groups in total. The van der Waals surface area contributed by atoms with Gasteiger partial charge in [-0.1, -0.05) is 15.9 Å². The van der Waals surface area contributed by atoms with Gasteiger partial charge in [-0.25, -0.2) is 0 Å². The summed E-state index contributed by atoms with van der Waals surface area (Å²) in [7, 11) is -1.79. The van der Waals surface area contributed by atoms with Gasteiger partial charge < -0.3 is 8.85 Å². The zero-order valence-corrected chi connectivity index (χ0v) is 10.0. The lowest BCUT2D eigenvalue weighted by molar-refractivity contribution is 0.194. The third kappa shape index (κ3) is 3.46. The molecule has 0 aliphatic carbocycles. The van der Waals surface area contributed by atoms with Crippen molar-refractivity contribution in [3.63, 3.8) is 0 Å². The first-order valence-corrected chi connectivity index (χ1v) is 8.48. The minimum Gasteiger partial charge on any atom is -0.393 e. The standard InChI is InChI=1S/C6H13BrO2SSi/c1-11(6-7)8-2-4-10-5-3-9-11/h2-6H2,1H3. The molecule has 0 spiro atoms. The highest BCUT2D eigenvalue weighted by Crippen LogP contribution is 2.15. The van der Waals surface area contributed by atoms with E-state index in [0.717, 1.165) is 29.7 Å². The van der Waals surface area contributed by atoms with Crippen LogP contribution < -0.4 is 0 Å². The smallest absolute Gasteiger partial charge is 0.345 e. The molecular weight excluding hydrogens is 244 g/mol. The minimum atomic E-state index is -1.79. The second-order valence-corrected chi connectivity index (χ2v) is 8.60. The first-order valence-electron chi connectivity index (χ1n) is 3.68. The van der Waals surface area contributed by atoms with Gasteiger partial charge in [0.15, 0.2) is 0 Å². The second-order valence-electron chi connectivity index (χ2n) is 2.58. The molecule has 0 atom stereocenters. The summed E-state index contributed by atoms with van der Waals surface area (Å²) in [5.74, 6) is 2.22. The van der Waals surface area contributed by atoms with Crippen LogP contribution in [0.5, 0.6) is 0 Å². The molecule has 0 unspecified atom stereocenters. The Kier molecular flexibility index (Phi) is 4.44. The lowest BCUT2D eigenvalue weighted by Crippen LogP contribution is -2.43. The summed E-state index contributed by atoms with van der Waals surface area (Å²) in [4.78, 5) is 0.880. The van der Waals surface area contributed by atoms with E-state index in [1.807, 2.05) is 11.8 Å². The van der Waals surface area contributed by atoms with Crippen LogP contribution in [0.4, 0.5) is 0 Å². The molecule has 0 aromatic heterocycles. The fourth-order valence-electron chi connectivity index (χ4n) is 0.854. The van der Waals surface area contributed by atoms with Gasteiger partial charge in [-0.15, -0.1) is 0 Å². The highest BCUT2D eigenvalue weighted by molar-refractivity contribution is 9.09. The van der Waals surface area contributed by atoms with Crippen LogP contribution >= 0.6 is 27.7 Å². The van der Waals surface area contributed by atoms with Crippen molar-refractivity contribution in [3.05, 3.63) is 0 Å². The number of alkyl halides is 1. The summed E-state index contributed by atoms with van der Waals surface area (Å²) in [6.07, 6.45) is 0. The van der Waals surface area contributed by atoms with Crippen LogP contribution in [0.2, 0.25) is 6.55 Å². The van der Waals surface area contributed by atoms with Crippen molar-refractivity contribution < 1.29 is 8.85 Å². The quantitative estimate of drug-likeness (QED) is 0.527. The molecule has 1 saturated heterocycles. The number of thioether (sulfide) groups is 1. The maximum atomic E-state index is 5.67. The topological polar surface area (TPSA) is 18.5 Å². The first kappa shape index (κ1) is 10.1. The molecule has 1 fully saturated rings. The van der Waals surface area contributed by atoms with Gasteiger partial charge in [0.05, 0.1) is 0 Å². The van der Waals surface area contributed by atoms with Crippen LogP contribution in [0.15, 0.2) is 0 Å². The molecule has 0 amide bonds. The molecule has 0 aromatic rings. The lowest BCUT2D eigenvalue weighted by Gasteiger charge is -2.26. The summed E-state index contributed by atoms with van der Waals surface area (Å²) in [5.41, 5.74) is 0. The maximum absolute atomic E-state index is 5.67. The Bertz CT molecular complexity index is 117. The normalized spacial score (nSPS) is 25.6. The Morgan fingerprint density at radius 3 is 2.36 bits per heavy atom. The highest BCUT2D eigenvalue weighted by atomic mass is 79.9. The first-order chi connectivity index (χ1) is 5.27. The predicted molar refractivity (Wildman–Crippen MR) is 54.6 cm³/mol. The average molecular weight is 257 g/mol. The van der Waals surface area contributed by atoms with Gasteiger partial charge in [-0.05, 0) is 6.55 Å². The van der Waals surface area contributed by atoms with E-state index in [-0.39, 0.29) is 0 Å². The summed E-state index contributed by atoms with van der Waals surface area (Å²) in [5, 5.41) is 0. The van der Waals surface area contributed by atoms with E-state index in [1.54, 1.807) is 0 Å². The van der Waals surface area contributed by atoms with Crippen molar-refractivity contribution in [1.29, 1.82) is 0 Å². The van der Waals surface area contributed by atoms with E-state index >= 15 is 0 Å². The molecule has 5 heteroatoms. The van der Waals surface area contributed by atoms with E-state index in [2.05, 4.69) is 22.5 Å². The Hall–Kier alpha value is 0.967. The van der Waals surface area contributed by atoms with E-state index in [9.17, 15) is 0 Å². The second kappa shape index (κ2) is 4.86. The summed E-state index contributed by atoms with van der Waals surface area (Å²) < 4.78 is 11.3. The average Bonchev–Trinajstić information content (AvgIpc) is 1.98. The SMILES string of the molecule is C[Si]1(CBr)OCCSCCO1. The van der Waals surface area contributed by atoms with Crippen molar-refractivity contribution in [2.75, 3.05) is 29.7 Å². The maximum Gasteiger partial charge on any atom is 0.345 e. The Balaban J connectivity index is 2.37. The molecular formula is C6H13BrO2SSi. The highest BCUT2D eigenvalue weighted by Gasteiger charge is 2.30. The molecule has 0 saturated carbocycles. The molecule has 1 heterocycles. The number of hydrogen-bond acceptors (Lipinski definition) is 3. The van der Waals surface area contributed by atoms with Crippen molar-refractivity contribution in [2.45, 2.75) is 6.55 Å². The molecule has 66 valence electrons. The van der Waals surface area contributed by atoms with Crippen LogP contribution in [0, 0.1) is 0 Å². The van der Waals surface area contributed by atoms with Crippen LogP contribution in [0.25, 0.3) is 0 Å². The largest absolute Gasteiger partial charge is 0.393 e. The Morgan fingerprint density at radius 2 is 1.91 bits per heavy atom. The monoisotopic (exact) mass is 256 g/mol. The van der Waals surface area contributed by atoms with Gasteiger partial charge in [0.25, 0.3) is 0 Å². The third-order valence-electron chi connectivity index (χ3n) is 1.51. The van der Waals surface area contributed by atoms with Gasteiger partial charge >= 0.3 is 8.56 Å². The number of rotatable bonds is 1. The van der Waals surface area contributed by atoms with Gasteiger partial charge in [0.2, 0.25) is 0 Å². The molecule has 0 bridgehead atoms. The predicted octanol–water partition coefficient (Wildman–Crippen LogP) is 1.77. The molecule has 1 rings (SSSR count). The molecule has 1 aliphatic rings. The molecule has 1 aliphatic heterocycles.